The number of alkyl halides is 1. The Labute approximate surface area is 268 Å². The minimum atomic E-state index is 0. The molecule has 9 fully saturated rings. The Hall–Kier alpha value is 0.489. The average molecular weight is 649 g/mol. The first-order valence-corrected chi connectivity index (χ1v) is 18.3. The zero-order valence-electron chi connectivity index (χ0n) is 25.0. The van der Waals surface area contributed by atoms with Gasteiger partial charge >= 0.3 is 17.1 Å². The Morgan fingerprint density at radius 1 is 0.381 bits per heavy atom. The van der Waals surface area contributed by atoms with E-state index in [9.17, 15) is 0 Å². The molecule has 8 bridgehead atoms. The Bertz CT molecular complexity index is 959. The molecule has 5 saturated heterocycles. The van der Waals surface area contributed by atoms with Gasteiger partial charge in [0.05, 0.1) is 24.7 Å². The third kappa shape index (κ3) is 5.08. The predicted octanol–water partition coefficient (Wildman–Crippen LogP) is 4.39. The van der Waals surface area contributed by atoms with Crippen LogP contribution in [0.4, 0.5) is 0 Å². The largest absolute Gasteiger partial charge is 2.00 e. The Balaban J connectivity index is 0.00000267. The van der Waals surface area contributed by atoms with E-state index in [2.05, 4.69) is 31.9 Å². The van der Waals surface area contributed by atoms with Crippen molar-refractivity contribution in [3.63, 3.8) is 0 Å². The van der Waals surface area contributed by atoms with Crippen molar-refractivity contribution < 1.29 is 17.1 Å². The third-order valence-corrected chi connectivity index (χ3v) is 14.1. The van der Waals surface area contributed by atoms with Crippen molar-refractivity contribution in [2.45, 2.75) is 151 Å². The van der Waals surface area contributed by atoms with Crippen molar-refractivity contribution in [2.24, 2.45) is 47.3 Å². The van der Waals surface area contributed by atoms with Gasteiger partial charge in [-0.05, 0) is 67.1 Å². The maximum atomic E-state index is 7.18. The van der Waals surface area contributed by atoms with Crippen LogP contribution in [0.25, 0.3) is 10.6 Å². The molecule has 0 spiro atoms. The van der Waals surface area contributed by atoms with Crippen molar-refractivity contribution >= 4 is 11.6 Å². The van der Waals surface area contributed by atoms with Crippen molar-refractivity contribution in [1.82, 2.24) is 31.9 Å². The van der Waals surface area contributed by atoms with E-state index in [1.54, 1.807) is 0 Å². The van der Waals surface area contributed by atoms with Crippen LogP contribution in [0, 0.1) is 47.3 Å². The second-order valence-corrected chi connectivity index (χ2v) is 16.1. The molecule has 1 radical (unpaired) electrons. The van der Waals surface area contributed by atoms with Gasteiger partial charge in [-0.3, -0.25) is 16.0 Å². The molecule has 10 heteroatoms. The van der Waals surface area contributed by atoms with Gasteiger partial charge in [-0.25, -0.2) is 0 Å². The van der Waals surface area contributed by atoms with Crippen LogP contribution in [-0.2, 0) is 17.1 Å². The fourth-order valence-corrected chi connectivity index (χ4v) is 12.2. The molecule has 239 valence electrons. The first kappa shape index (κ1) is 29.9. The van der Waals surface area contributed by atoms with Gasteiger partial charge in [-0.1, -0.05) is 95.3 Å². The van der Waals surface area contributed by atoms with Crippen LogP contribution in [0.5, 0.6) is 0 Å². The number of hydrogen-bond donors (Lipinski definition) is 6. The SMILES string of the molecule is ClC1CCCC2C3NC4[N-]C(NC5[N-]C(NC6NC(NC(N3)C12)C1CCCCC61)C1CCCCC51)C1CCCCC41.[Cu+2]. The third-order valence-electron chi connectivity index (χ3n) is 13.6. The van der Waals surface area contributed by atoms with Crippen molar-refractivity contribution in [3.05, 3.63) is 10.6 Å². The van der Waals surface area contributed by atoms with E-state index in [1.165, 1.54) is 89.9 Å². The number of halogens is 1. The van der Waals surface area contributed by atoms with Crippen LogP contribution in [0.2, 0.25) is 0 Å². The molecule has 0 aromatic carbocycles. The van der Waals surface area contributed by atoms with E-state index < -0.39 is 0 Å². The average Bonchev–Trinajstić information content (AvgIpc) is 3.73. The molecule has 8 nitrogen and oxygen atoms in total. The molecule has 4 saturated carbocycles. The summed E-state index contributed by atoms with van der Waals surface area (Å²) in [7, 11) is 0. The van der Waals surface area contributed by atoms with E-state index in [1.807, 2.05) is 0 Å². The quantitative estimate of drug-likeness (QED) is 0.172. The summed E-state index contributed by atoms with van der Waals surface area (Å²) in [5.41, 5.74) is 0. The minimum absolute atomic E-state index is 0. The Morgan fingerprint density at radius 3 is 1.29 bits per heavy atom. The molecule has 5 heterocycles. The molecule has 6 N–H and O–H groups in total. The second-order valence-electron chi connectivity index (χ2n) is 15.5. The number of fused-ring (bicyclic) bond motifs is 20. The Morgan fingerprint density at radius 2 is 0.762 bits per heavy atom. The molecular formula is C32H53ClCuN8. The smallest absolute Gasteiger partial charge is 0.632 e. The molecule has 0 aromatic rings. The van der Waals surface area contributed by atoms with Gasteiger partial charge in [0, 0.05) is 11.3 Å². The standard InChI is InChI=1S/C32H53ClN8.Cu/c33-23-15-7-14-22-24(23)32-40-30-21-13-6-5-12-20(21)28(38-30)36-26-17-9-2-1-8-16(17)25(34-26)35-27-18-10-3-4-11-19(18)29(37-27)39-31(22)41-32;/h16-32,35-36,38-41H,1-15H2;/q-2;+2. The first-order valence-electron chi connectivity index (χ1n) is 17.8. The molecule has 9 rings (SSSR count). The molecule has 17 atom stereocenters. The van der Waals surface area contributed by atoms with Gasteiger partial charge in [-0.2, -0.15) is 0 Å². The van der Waals surface area contributed by atoms with Gasteiger partial charge in [0.15, 0.2) is 0 Å². The summed E-state index contributed by atoms with van der Waals surface area (Å²) < 4.78 is 0. The summed E-state index contributed by atoms with van der Waals surface area (Å²) in [6.45, 7) is 0. The van der Waals surface area contributed by atoms with Crippen LogP contribution in [0.3, 0.4) is 0 Å². The fourth-order valence-electron chi connectivity index (χ4n) is 11.7. The summed E-state index contributed by atoms with van der Waals surface area (Å²) in [4.78, 5) is 0. The molecule has 0 aromatic heterocycles. The van der Waals surface area contributed by atoms with E-state index in [0.717, 1.165) is 6.42 Å². The normalized spacial score (nSPS) is 56.9. The molecular weight excluding hydrogens is 595 g/mol. The van der Waals surface area contributed by atoms with Gasteiger partial charge in [0.25, 0.3) is 0 Å². The van der Waals surface area contributed by atoms with Gasteiger partial charge in [-0.15, -0.1) is 11.6 Å². The summed E-state index contributed by atoms with van der Waals surface area (Å²) in [5, 5.41) is 36.3. The van der Waals surface area contributed by atoms with Crippen LogP contribution >= 0.6 is 11.6 Å². The van der Waals surface area contributed by atoms with E-state index in [0.29, 0.717) is 59.7 Å². The zero-order valence-corrected chi connectivity index (χ0v) is 26.7. The van der Waals surface area contributed by atoms with Gasteiger partial charge < -0.3 is 26.6 Å². The van der Waals surface area contributed by atoms with Crippen LogP contribution < -0.4 is 31.9 Å². The van der Waals surface area contributed by atoms with Gasteiger partial charge in [0.1, 0.15) is 0 Å². The summed E-state index contributed by atoms with van der Waals surface area (Å²) in [6.07, 6.45) is 21.8. The van der Waals surface area contributed by atoms with E-state index in [4.69, 9.17) is 22.2 Å². The molecule has 9 aliphatic rings. The number of nitrogens with zero attached hydrogens (tertiary/aromatic N) is 2. The molecule has 17 unspecified atom stereocenters. The molecule has 42 heavy (non-hydrogen) atoms. The van der Waals surface area contributed by atoms with Crippen LogP contribution in [-0.4, -0.2) is 54.7 Å². The summed E-state index contributed by atoms with van der Waals surface area (Å²) >= 11 is 7.18. The number of hydrogen-bond acceptors (Lipinski definition) is 6. The van der Waals surface area contributed by atoms with Crippen molar-refractivity contribution in [3.8, 4) is 0 Å². The molecule has 0 amide bonds. The summed E-state index contributed by atoms with van der Waals surface area (Å²) in [5.74, 6) is 4.96. The van der Waals surface area contributed by atoms with E-state index >= 15 is 0 Å². The van der Waals surface area contributed by atoms with Gasteiger partial charge in [0.2, 0.25) is 0 Å². The topological polar surface area (TPSA) is 100 Å². The van der Waals surface area contributed by atoms with E-state index in [-0.39, 0.29) is 59.4 Å². The maximum absolute atomic E-state index is 7.18. The monoisotopic (exact) mass is 647 g/mol. The number of nitrogens with one attached hydrogen (secondary N) is 6. The minimum Gasteiger partial charge on any atom is -0.632 e. The van der Waals surface area contributed by atoms with Crippen LogP contribution in [0.1, 0.15) is 96.3 Å². The fraction of sp³-hybridized carbons (Fsp3) is 1.00. The van der Waals surface area contributed by atoms with Crippen molar-refractivity contribution in [2.75, 3.05) is 0 Å². The predicted molar refractivity (Wildman–Crippen MR) is 163 cm³/mol. The second kappa shape index (κ2) is 12.3. The number of rotatable bonds is 0. The van der Waals surface area contributed by atoms with Crippen LogP contribution in [0.15, 0.2) is 0 Å². The zero-order chi connectivity index (χ0) is 27.1. The Kier molecular flexibility index (Phi) is 8.72. The van der Waals surface area contributed by atoms with Crippen molar-refractivity contribution in [1.29, 1.82) is 0 Å². The first-order chi connectivity index (χ1) is 20.2. The molecule has 4 aliphatic carbocycles. The maximum Gasteiger partial charge on any atom is 2.00 e. The molecule has 5 aliphatic heterocycles. The summed E-state index contributed by atoms with van der Waals surface area (Å²) in [6, 6.07) is 0.